The molecule has 98 valence electrons. The normalized spacial score (nSPS) is 10.4. The summed E-state index contributed by atoms with van der Waals surface area (Å²) in [6.45, 7) is 7.58. The minimum absolute atomic E-state index is 0.0669. The number of anilines is 1. The van der Waals surface area contributed by atoms with E-state index in [2.05, 4.69) is 11.9 Å². The number of nitrogens with one attached hydrogen (secondary N) is 1. The van der Waals surface area contributed by atoms with E-state index in [1.807, 2.05) is 35.8 Å². The Morgan fingerprint density at radius 2 is 2.05 bits per heavy atom. The van der Waals surface area contributed by atoms with Crippen molar-refractivity contribution in [2.24, 2.45) is 0 Å². The molecule has 0 saturated heterocycles. The van der Waals surface area contributed by atoms with Crippen LogP contribution in [0.1, 0.15) is 24.2 Å². The average Bonchev–Trinajstić information content (AvgIpc) is 2.71. The van der Waals surface area contributed by atoms with Crippen LogP contribution < -0.4 is 5.32 Å². The molecule has 2 rings (SSSR count). The minimum Gasteiger partial charge on any atom is -0.327 e. The molecule has 0 aliphatic heterocycles. The highest BCUT2D eigenvalue weighted by Crippen LogP contribution is 2.30. The number of carbonyl (C=O) groups excluding carboxylic acids is 2. The first-order chi connectivity index (χ1) is 9.10. The van der Waals surface area contributed by atoms with Crippen LogP contribution in [-0.2, 0) is 11.3 Å². The quantitative estimate of drug-likeness (QED) is 0.675. The Bertz CT molecular complexity index is 668. The van der Waals surface area contributed by atoms with Gasteiger partial charge in [-0.1, -0.05) is 24.8 Å². The number of hydrogen-bond donors (Lipinski definition) is 1. The number of benzene rings is 1. The number of Topliss-reactive ketones (excluding diaryl/α,β-unsaturated/α-hetero) is 1. The maximum atomic E-state index is 11.9. The van der Waals surface area contributed by atoms with E-state index in [-0.39, 0.29) is 11.7 Å². The molecule has 0 bridgehead atoms. The van der Waals surface area contributed by atoms with E-state index in [4.69, 9.17) is 0 Å². The molecule has 2 aromatic rings. The van der Waals surface area contributed by atoms with Gasteiger partial charge in [0.15, 0.2) is 5.78 Å². The fraction of sp³-hybridized carbons (Fsp3) is 0.200. The fourth-order valence-corrected chi connectivity index (χ4v) is 2.29. The van der Waals surface area contributed by atoms with Crippen LogP contribution in [0.4, 0.5) is 5.82 Å². The molecule has 1 amide bonds. The summed E-state index contributed by atoms with van der Waals surface area (Å²) in [5.41, 5.74) is 1.49. The van der Waals surface area contributed by atoms with Crippen LogP contribution in [0.2, 0.25) is 0 Å². The molecule has 1 aromatic heterocycles. The second-order valence-corrected chi connectivity index (χ2v) is 4.23. The Morgan fingerprint density at radius 1 is 1.37 bits per heavy atom. The number of hydrogen-bond acceptors (Lipinski definition) is 2. The number of amides is 1. The van der Waals surface area contributed by atoms with Crippen molar-refractivity contribution in [2.75, 3.05) is 5.32 Å². The van der Waals surface area contributed by atoms with Crippen molar-refractivity contribution in [3.05, 3.63) is 42.5 Å². The monoisotopic (exact) mass is 256 g/mol. The maximum absolute atomic E-state index is 11.9. The number of para-hydroxylation sites is 1. The van der Waals surface area contributed by atoms with Crippen molar-refractivity contribution < 1.29 is 9.59 Å². The Hall–Kier alpha value is -2.36. The van der Waals surface area contributed by atoms with Gasteiger partial charge in [-0.25, -0.2) is 0 Å². The smallest absolute Gasteiger partial charge is 0.248 e. The molecule has 1 N–H and O–H groups in total. The molecule has 0 fully saturated rings. The number of carbonyl (C=O) groups is 2. The molecular formula is C15H16N2O2. The molecule has 0 saturated carbocycles. The molecule has 4 nitrogen and oxygen atoms in total. The topological polar surface area (TPSA) is 51.1 Å². The Labute approximate surface area is 111 Å². The van der Waals surface area contributed by atoms with Gasteiger partial charge in [-0.3, -0.25) is 9.59 Å². The summed E-state index contributed by atoms with van der Waals surface area (Å²) < 4.78 is 1.92. The lowest BCUT2D eigenvalue weighted by atomic mass is 10.1. The van der Waals surface area contributed by atoms with Crippen molar-refractivity contribution in [2.45, 2.75) is 20.4 Å². The summed E-state index contributed by atoms with van der Waals surface area (Å²) in [5.74, 6) is 0.156. The summed E-state index contributed by atoms with van der Waals surface area (Å²) in [5, 5.41) is 3.59. The van der Waals surface area contributed by atoms with Crippen LogP contribution in [0.15, 0.2) is 36.9 Å². The van der Waals surface area contributed by atoms with Crippen molar-refractivity contribution in [3.8, 4) is 0 Å². The van der Waals surface area contributed by atoms with Gasteiger partial charge in [0, 0.05) is 11.9 Å². The number of fused-ring (bicyclic) bond motifs is 1. The first-order valence-corrected chi connectivity index (χ1v) is 6.15. The van der Waals surface area contributed by atoms with Crippen LogP contribution in [0.25, 0.3) is 10.9 Å². The van der Waals surface area contributed by atoms with E-state index in [1.54, 1.807) is 0 Å². The summed E-state index contributed by atoms with van der Waals surface area (Å²) in [6.07, 6.45) is 1.20. The molecular weight excluding hydrogens is 240 g/mol. The molecule has 0 atom stereocenters. The minimum atomic E-state index is -0.319. The van der Waals surface area contributed by atoms with Gasteiger partial charge in [-0.2, -0.15) is 0 Å². The number of aryl methyl sites for hydroxylation is 1. The Morgan fingerprint density at radius 3 is 2.63 bits per heavy atom. The summed E-state index contributed by atoms with van der Waals surface area (Å²) in [7, 11) is 0. The highest BCUT2D eigenvalue weighted by Gasteiger charge is 2.20. The first-order valence-electron chi connectivity index (χ1n) is 6.15. The van der Waals surface area contributed by atoms with Crippen LogP contribution >= 0.6 is 0 Å². The van der Waals surface area contributed by atoms with E-state index in [0.717, 1.165) is 10.9 Å². The second kappa shape index (κ2) is 5.10. The zero-order valence-electron chi connectivity index (χ0n) is 11.1. The molecule has 4 heteroatoms. The predicted octanol–water partition coefficient (Wildman–Crippen LogP) is 2.99. The number of ketones is 1. The third-order valence-corrected chi connectivity index (χ3v) is 3.07. The maximum Gasteiger partial charge on any atom is 0.248 e. The zero-order chi connectivity index (χ0) is 14.0. The summed E-state index contributed by atoms with van der Waals surface area (Å²) >= 11 is 0. The third kappa shape index (κ3) is 2.17. The Balaban J connectivity index is 2.77. The van der Waals surface area contributed by atoms with Crippen LogP contribution in [0.5, 0.6) is 0 Å². The van der Waals surface area contributed by atoms with Gasteiger partial charge in [0.1, 0.15) is 5.82 Å². The van der Waals surface area contributed by atoms with Gasteiger partial charge in [-0.15, -0.1) is 0 Å². The molecule has 1 heterocycles. The van der Waals surface area contributed by atoms with Crippen molar-refractivity contribution in [1.82, 2.24) is 4.57 Å². The number of aromatic nitrogens is 1. The van der Waals surface area contributed by atoms with Gasteiger partial charge < -0.3 is 9.88 Å². The SMILES string of the molecule is C=CC(=O)Nc1c(C(C)=O)c2ccccc2n1CC. The Kier molecular flexibility index (Phi) is 3.51. The van der Waals surface area contributed by atoms with Crippen molar-refractivity contribution in [3.63, 3.8) is 0 Å². The highest BCUT2D eigenvalue weighted by molar-refractivity contribution is 6.15. The lowest BCUT2D eigenvalue weighted by Crippen LogP contribution is -2.14. The number of rotatable bonds is 4. The van der Waals surface area contributed by atoms with E-state index >= 15 is 0 Å². The van der Waals surface area contributed by atoms with Crippen molar-refractivity contribution >= 4 is 28.4 Å². The average molecular weight is 256 g/mol. The molecule has 0 unspecified atom stereocenters. The van der Waals surface area contributed by atoms with Gasteiger partial charge in [-0.05, 0) is 26.0 Å². The highest BCUT2D eigenvalue weighted by atomic mass is 16.1. The zero-order valence-corrected chi connectivity index (χ0v) is 11.1. The summed E-state index contributed by atoms with van der Waals surface area (Å²) in [4.78, 5) is 23.4. The molecule has 1 aromatic carbocycles. The van der Waals surface area contributed by atoms with E-state index in [1.165, 1.54) is 13.0 Å². The fourth-order valence-electron chi connectivity index (χ4n) is 2.29. The molecule has 0 spiro atoms. The van der Waals surface area contributed by atoms with Gasteiger partial charge in [0.2, 0.25) is 5.91 Å². The van der Waals surface area contributed by atoms with Gasteiger partial charge in [0.25, 0.3) is 0 Å². The lowest BCUT2D eigenvalue weighted by molar-refractivity contribution is -0.111. The van der Waals surface area contributed by atoms with Gasteiger partial charge in [0.05, 0.1) is 11.1 Å². The van der Waals surface area contributed by atoms with Gasteiger partial charge >= 0.3 is 0 Å². The third-order valence-electron chi connectivity index (χ3n) is 3.07. The van der Waals surface area contributed by atoms with Crippen LogP contribution in [0.3, 0.4) is 0 Å². The van der Waals surface area contributed by atoms with Crippen molar-refractivity contribution in [1.29, 1.82) is 0 Å². The lowest BCUT2D eigenvalue weighted by Gasteiger charge is -2.09. The standard InChI is InChI=1S/C15H16N2O2/c1-4-13(19)16-15-14(10(3)18)11-8-6-7-9-12(11)17(15)5-2/h4,6-9H,1,5H2,2-3H3,(H,16,19). The molecule has 0 aliphatic rings. The van der Waals surface area contributed by atoms with E-state index < -0.39 is 0 Å². The van der Waals surface area contributed by atoms with E-state index in [9.17, 15) is 9.59 Å². The molecule has 19 heavy (non-hydrogen) atoms. The van der Waals surface area contributed by atoms with Crippen LogP contribution in [-0.4, -0.2) is 16.3 Å². The summed E-state index contributed by atoms with van der Waals surface area (Å²) in [6, 6.07) is 7.63. The predicted molar refractivity (Wildman–Crippen MR) is 76.4 cm³/mol. The molecule has 0 radical (unpaired) electrons. The largest absolute Gasteiger partial charge is 0.327 e. The first kappa shape index (κ1) is 13.1. The van der Waals surface area contributed by atoms with Crippen LogP contribution in [0, 0.1) is 0 Å². The number of nitrogens with zero attached hydrogens (tertiary/aromatic N) is 1. The molecule has 0 aliphatic carbocycles. The second-order valence-electron chi connectivity index (χ2n) is 4.23. The van der Waals surface area contributed by atoms with E-state index in [0.29, 0.717) is 17.9 Å².